The Balaban J connectivity index is 1.58. The Morgan fingerprint density at radius 3 is 2.68 bits per heavy atom. The average Bonchev–Trinajstić information content (AvgIpc) is 3.12. The van der Waals surface area contributed by atoms with E-state index in [4.69, 9.17) is 14.7 Å². The van der Waals surface area contributed by atoms with Crippen LogP contribution >= 0.6 is 0 Å². The number of amides is 1. The molecule has 1 N–H and O–H groups in total. The molecule has 0 spiro atoms. The Morgan fingerprint density at radius 1 is 1.25 bits per heavy atom. The minimum Gasteiger partial charge on any atom is -0.450 e. The molecule has 0 atom stereocenters. The van der Waals surface area contributed by atoms with Gasteiger partial charge in [0.15, 0.2) is 5.96 Å². The summed E-state index contributed by atoms with van der Waals surface area (Å²) >= 11 is 0. The Labute approximate surface area is 166 Å². The lowest BCUT2D eigenvalue weighted by molar-refractivity contribution is 0.0914. The summed E-state index contributed by atoms with van der Waals surface area (Å²) in [4.78, 5) is 25.3. The maximum atomic E-state index is 11.9. The monoisotopic (exact) mass is 386 g/mol. The van der Waals surface area contributed by atoms with Crippen LogP contribution in [0.2, 0.25) is 0 Å². The van der Waals surface area contributed by atoms with Crippen molar-refractivity contribution in [3.05, 3.63) is 35.8 Å². The van der Waals surface area contributed by atoms with Crippen molar-refractivity contribution >= 4 is 17.7 Å². The van der Waals surface area contributed by atoms with Crippen LogP contribution in [-0.4, -0.2) is 77.1 Å². The predicted molar refractivity (Wildman–Crippen MR) is 110 cm³/mol. The molecule has 152 valence electrons. The number of guanidine groups is 1. The van der Waals surface area contributed by atoms with Gasteiger partial charge < -0.3 is 24.3 Å². The molecule has 2 aromatic rings. The van der Waals surface area contributed by atoms with Gasteiger partial charge in [-0.05, 0) is 32.4 Å². The minimum absolute atomic E-state index is 0.230. The number of piperazine rings is 1. The number of hydrogen-bond acceptors (Lipinski definition) is 4. The first kappa shape index (κ1) is 20.0. The molecule has 2 aromatic heterocycles. The normalized spacial score (nSPS) is 15.2. The third-order valence-corrected chi connectivity index (χ3v) is 4.80. The van der Waals surface area contributed by atoms with Gasteiger partial charge in [-0.15, -0.1) is 0 Å². The lowest BCUT2D eigenvalue weighted by Crippen LogP contribution is -2.54. The second-order valence-electron chi connectivity index (χ2n) is 6.81. The number of pyridine rings is 1. The van der Waals surface area contributed by atoms with Crippen LogP contribution < -0.4 is 5.32 Å². The molecule has 1 fully saturated rings. The molecule has 1 amide bonds. The highest BCUT2D eigenvalue weighted by Crippen LogP contribution is 2.10. The molecule has 0 aliphatic carbocycles. The van der Waals surface area contributed by atoms with Gasteiger partial charge >= 0.3 is 6.09 Å². The third kappa shape index (κ3) is 4.74. The molecular formula is C20H30N6O2. The number of ether oxygens (including phenoxy) is 1. The first-order valence-electron chi connectivity index (χ1n) is 10.0. The van der Waals surface area contributed by atoms with E-state index in [0.717, 1.165) is 43.4 Å². The molecule has 8 heteroatoms. The number of carbonyl (C=O) groups is 1. The van der Waals surface area contributed by atoms with E-state index in [2.05, 4.69) is 40.7 Å². The number of hydrogen-bond donors (Lipinski definition) is 1. The van der Waals surface area contributed by atoms with Crippen molar-refractivity contribution in [2.45, 2.75) is 27.2 Å². The van der Waals surface area contributed by atoms with E-state index in [1.165, 1.54) is 5.56 Å². The second-order valence-corrected chi connectivity index (χ2v) is 6.81. The Hall–Kier alpha value is -2.77. The maximum Gasteiger partial charge on any atom is 0.409 e. The summed E-state index contributed by atoms with van der Waals surface area (Å²) in [5.41, 5.74) is 3.22. The van der Waals surface area contributed by atoms with Crippen LogP contribution in [0.15, 0.2) is 29.5 Å². The largest absolute Gasteiger partial charge is 0.450 e. The van der Waals surface area contributed by atoms with Gasteiger partial charge in [-0.25, -0.2) is 9.78 Å². The van der Waals surface area contributed by atoms with Crippen molar-refractivity contribution in [1.82, 2.24) is 24.5 Å². The highest BCUT2D eigenvalue weighted by atomic mass is 16.6. The second kappa shape index (κ2) is 9.43. The number of imidazole rings is 1. The molecule has 8 nitrogen and oxygen atoms in total. The molecular weight excluding hydrogens is 356 g/mol. The van der Waals surface area contributed by atoms with E-state index < -0.39 is 0 Å². The van der Waals surface area contributed by atoms with Crippen LogP contribution in [0.3, 0.4) is 0 Å². The van der Waals surface area contributed by atoms with Crippen LogP contribution in [0.5, 0.6) is 0 Å². The highest BCUT2D eigenvalue weighted by Gasteiger charge is 2.23. The van der Waals surface area contributed by atoms with Crippen molar-refractivity contribution in [3.8, 4) is 0 Å². The molecule has 28 heavy (non-hydrogen) atoms. The molecule has 3 rings (SSSR count). The van der Waals surface area contributed by atoms with Crippen LogP contribution in [0.25, 0.3) is 5.65 Å². The quantitative estimate of drug-likeness (QED) is 0.628. The van der Waals surface area contributed by atoms with Crippen LogP contribution in [0.4, 0.5) is 4.79 Å². The van der Waals surface area contributed by atoms with Crippen LogP contribution in [-0.2, 0) is 11.2 Å². The lowest BCUT2D eigenvalue weighted by atomic mass is 10.3. The third-order valence-electron chi connectivity index (χ3n) is 4.80. The van der Waals surface area contributed by atoms with Crippen LogP contribution in [0.1, 0.15) is 25.1 Å². The zero-order valence-corrected chi connectivity index (χ0v) is 17.0. The van der Waals surface area contributed by atoms with Crippen LogP contribution in [0, 0.1) is 6.92 Å². The number of carbonyl (C=O) groups excluding carboxylic acids is 1. The van der Waals surface area contributed by atoms with Crippen molar-refractivity contribution in [2.24, 2.45) is 4.99 Å². The van der Waals surface area contributed by atoms with Crippen molar-refractivity contribution < 1.29 is 9.53 Å². The van der Waals surface area contributed by atoms with E-state index in [0.29, 0.717) is 26.2 Å². The van der Waals surface area contributed by atoms with Gasteiger partial charge in [0.05, 0.1) is 12.3 Å². The van der Waals surface area contributed by atoms with Crippen molar-refractivity contribution in [3.63, 3.8) is 0 Å². The number of nitrogens with zero attached hydrogens (tertiary/aromatic N) is 5. The summed E-state index contributed by atoms with van der Waals surface area (Å²) in [6.45, 7) is 10.6. The van der Waals surface area contributed by atoms with Crippen molar-refractivity contribution in [2.75, 3.05) is 45.9 Å². The molecule has 0 unspecified atom stereocenters. The number of fused-ring (bicyclic) bond motifs is 1. The predicted octanol–water partition coefficient (Wildman–Crippen LogP) is 1.92. The molecule has 1 saturated heterocycles. The first-order valence-corrected chi connectivity index (χ1v) is 10.0. The molecule has 0 radical (unpaired) electrons. The number of aryl methyl sites for hydroxylation is 1. The molecule has 3 heterocycles. The molecule has 1 aliphatic rings. The fourth-order valence-corrected chi connectivity index (χ4v) is 3.34. The van der Waals surface area contributed by atoms with E-state index in [9.17, 15) is 4.79 Å². The number of nitrogens with one attached hydrogen (secondary N) is 1. The Bertz CT molecular complexity index is 823. The molecule has 0 aromatic carbocycles. The van der Waals surface area contributed by atoms with Gasteiger partial charge in [-0.2, -0.15) is 0 Å². The Kier molecular flexibility index (Phi) is 6.73. The number of rotatable bonds is 5. The smallest absolute Gasteiger partial charge is 0.409 e. The summed E-state index contributed by atoms with van der Waals surface area (Å²) in [5, 5.41) is 3.36. The topological polar surface area (TPSA) is 74.5 Å². The van der Waals surface area contributed by atoms with E-state index in [1.807, 2.05) is 19.2 Å². The summed E-state index contributed by atoms with van der Waals surface area (Å²) < 4.78 is 7.15. The van der Waals surface area contributed by atoms with Gasteiger partial charge in [0.2, 0.25) is 0 Å². The van der Waals surface area contributed by atoms with E-state index in [1.54, 1.807) is 4.90 Å². The minimum atomic E-state index is -0.230. The maximum absolute atomic E-state index is 11.9. The summed E-state index contributed by atoms with van der Waals surface area (Å²) in [6.07, 6.45) is 4.66. The fraction of sp³-hybridized carbons (Fsp3) is 0.550. The van der Waals surface area contributed by atoms with Gasteiger partial charge in [0.25, 0.3) is 0 Å². The van der Waals surface area contributed by atoms with Gasteiger partial charge in [0.1, 0.15) is 5.65 Å². The molecule has 0 saturated carbocycles. The highest BCUT2D eigenvalue weighted by molar-refractivity contribution is 5.80. The fourth-order valence-electron chi connectivity index (χ4n) is 3.34. The molecule has 0 bridgehead atoms. The zero-order valence-electron chi connectivity index (χ0n) is 17.0. The number of aliphatic imine (C=N–C) groups is 1. The van der Waals surface area contributed by atoms with Gasteiger partial charge in [-0.1, -0.05) is 6.07 Å². The Morgan fingerprint density at radius 2 is 2.00 bits per heavy atom. The SMILES string of the molecule is CCNC(=NCCc1cn2cccc(C)c2n1)N1CCN(C(=O)OCC)CC1. The van der Waals surface area contributed by atoms with E-state index in [-0.39, 0.29) is 6.09 Å². The van der Waals surface area contributed by atoms with Gasteiger partial charge in [0, 0.05) is 58.1 Å². The van der Waals surface area contributed by atoms with Crippen molar-refractivity contribution in [1.29, 1.82) is 0 Å². The summed E-state index contributed by atoms with van der Waals surface area (Å²) in [7, 11) is 0. The first-order chi connectivity index (χ1) is 13.6. The molecule has 1 aliphatic heterocycles. The number of aromatic nitrogens is 2. The average molecular weight is 387 g/mol. The standard InChI is InChI=1S/C20H30N6O2/c1-4-21-19(24-11-13-25(14-12-24)20(27)28-5-2)22-9-8-17-15-26-10-6-7-16(3)18(26)23-17/h6-7,10,15H,4-5,8-9,11-14H2,1-3H3,(H,21,22). The summed E-state index contributed by atoms with van der Waals surface area (Å²) in [5.74, 6) is 0.894. The summed E-state index contributed by atoms with van der Waals surface area (Å²) in [6, 6.07) is 4.11. The zero-order chi connectivity index (χ0) is 19.9. The van der Waals surface area contributed by atoms with E-state index >= 15 is 0 Å². The lowest BCUT2D eigenvalue weighted by Gasteiger charge is -2.35. The van der Waals surface area contributed by atoms with Gasteiger partial charge in [-0.3, -0.25) is 4.99 Å².